The summed E-state index contributed by atoms with van der Waals surface area (Å²) in [6.07, 6.45) is 6.24. The van der Waals surface area contributed by atoms with Gasteiger partial charge in [0, 0.05) is 30.1 Å². The minimum atomic E-state index is -2.60. The normalized spacial score (nSPS) is 30.8. The second-order valence-corrected chi connectivity index (χ2v) is 14.2. The van der Waals surface area contributed by atoms with E-state index in [9.17, 15) is 23.4 Å². The lowest BCUT2D eigenvalue weighted by Gasteiger charge is -2.51. The first-order valence-corrected chi connectivity index (χ1v) is 14.8. The summed E-state index contributed by atoms with van der Waals surface area (Å²) >= 11 is 0. The average molecular weight is 510 g/mol. The third-order valence-electron chi connectivity index (χ3n) is 9.20. The Morgan fingerprint density at radius 1 is 1.09 bits per heavy atom. The van der Waals surface area contributed by atoms with Gasteiger partial charge in [0.15, 0.2) is 0 Å². The zero-order chi connectivity index (χ0) is 25.1. The SMILES string of the molecule is CN(C)C1(c2cccc(F)c2)CCC2(CC1)CN(CC1(O)CCS(O)(O)CC1)C(=O)N2CC1CC1. The summed E-state index contributed by atoms with van der Waals surface area (Å²) in [5.74, 6) is 0.729. The number of carbonyl (C=O) groups excluding carboxylic acids is 1. The summed E-state index contributed by atoms with van der Waals surface area (Å²) in [4.78, 5) is 19.8. The van der Waals surface area contributed by atoms with E-state index in [2.05, 4.69) is 23.9 Å². The molecule has 5 rings (SSSR count). The summed E-state index contributed by atoms with van der Waals surface area (Å²) in [6.45, 7) is 1.60. The number of nitrogens with zero attached hydrogens (tertiary/aromatic N) is 3. The first-order valence-electron chi connectivity index (χ1n) is 12.9. The molecule has 0 atom stereocenters. The number of hydrogen-bond donors (Lipinski definition) is 3. The largest absolute Gasteiger partial charge is 0.388 e. The van der Waals surface area contributed by atoms with Crippen molar-refractivity contribution in [3.63, 3.8) is 0 Å². The van der Waals surface area contributed by atoms with Crippen molar-refractivity contribution in [2.24, 2.45) is 5.92 Å². The van der Waals surface area contributed by atoms with Crippen molar-refractivity contribution in [3.05, 3.63) is 35.6 Å². The van der Waals surface area contributed by atoms with Crippen LogP contribution in [0.5, 0.6) is 0 Å². The first-order chi connectivity index (χ1) is 16.5. The molecule has 2 aliphatic heterocycles. The molecule has 0 bridgehead atoms. The van der Waals surface area contributed by atoms with E-state index in [-0.39, 0.29) is 41.0 Å². The number of rotatable bonds is 6. The molecule has 2 saturated carbocycles. The fourth-order valence-electron chi connectivity index (χ4n) is 6.61. The number of halogens is 1. The van der Waals surface area contributed by atoms with Crippen LogP contribution in [0.2, 0.25) is 0 Å². The number of urea groups is 1. The van der Waals surface area contributed by atoms with Gasteiger partial charge in [-0.1, -0.05) is 12.1 Å². The molecule has 2 amide bonds. The Morgan fingerprint density at radius 2 is 1.74 bits per heavy atom. The van der Waals surface area contributed by atoms with Crippen molar-refractivity contribution in [3.8, 4) is 0 Å². The van der Waals surface area contributed by atoms with E-state index in [1.165, 1.54) is 6.07 Å². The van der Waals surface area contributed by atoms with E-state index in [0.29, 0.717) is 25.3 Å². The van der Waals surface area contributed by atoms with Crippen molar-refractivity contribution in [2.75, 3.05) is 45.2 Å². The molecule has 1 spiro atoms. The van der Waals surface area contributed by atoms with E-state index in [1.807, 2.05) is 11.0 Å². The van der Waals surface area contributed by atoms with Crippen LogP contribution in [-0.4, -0.2) is 91.3 Å². The summed E-state index contributed by atoms with van der Waals surface area (Å²) < 4.78 is 34.1. The molecule has 9 heteroatoms. The number of aliphatic hydroxyl groups is 1. The number of benzene rings is 1. The van der Waals surface area contributed by atoms with Crippen molar-refractivity contribution in [2.45, 2.75) is 68.0 Å². The van der Waals surface area contributed by atoms with Crippen molar-refractivity contribution >= 4 is 16.6 Å². The van der Waals surface area contributed by atoms with E-state index < -0.39 is 16.2 Å². The quantitative estimate of drug-likeness (QED) is 0.532. The molecular formula is C26H40FN3O4S. The number of β-amino-alcohol motifs (C(OH)–C–C–N with tert-alkyl or cyclic N) is 1. The molecule has 4 aliphatic rings. The fourth-order valence-corrected chi connectivity index (χ4v) is 8.23. The van der Waals surface area contributed by atoms with E-state index >= 15 is 0 Å². The van der Waals surface area contributed by atoms with E-state index in [1.54, 1.807) is 12.1 Å². The molecular weight excluding hydrogens is 469 g/mol. The highest BCUT2D eigenvalue weighted by Crippen LogP contribution is 2.51. The van der Waals surface area contributed by atoms with Crippen molar-refractivity contribution < 1.29 is 23.4 Å². The van der Waals surface area contributed by atoms with Gasteiger partial charge in [0.05, 0.1) is 17.7 Å². The molecule has 3 N–H and O–H groups in total. The van der Waals surface area contributed by atoms with E-state index in [0.717, 1.165) is 50.6 Å². The van der Waals surface area contributed by atoms with Gasteiger partial charge in [0.1, 0.15) is 5.82 Å². The molecule has 0 aromatic heterocycles. The van der Waals surface area contributed by atoms with Gasteiger partial charge in [-0.3, -0.25) is 14.0 Å². The highest BCUT2D eigenvalue weighted by Gasteiger charge is 2.56. The van der Waals surface area contributed by atoms with Gasteiger partial charge in [-0.25, -0.2) is 9.18 Å². The molecule has 35 heavy (non-hydrogen) atoms. The third-order valence-corrected chi connectivity index (χ3v) is 10.9. The Labute approximate surface area is 209 Å². The zero-order valence-corrected chi connectivity index (χ0v) is 21.8. The molecule has 4 fully saturated rings. The number of carbonyl (C=O) groups is 1. The second-order valence-electron chi connectivity index (χ2n) is 11.8. The molecule has 1 aromatic carbocycles. The minimum Gasteiger partial charge on any atom is -0.388 e. The van der Waals surface area contributed by atoms with Gasteiger partial charge in [-0.2, -0.15) is 10.6 Å². The summed E-state index contributed by atoms with van der Waals surface area (Å²) in [5, 5.41) is 11.2. The van der Waals surface area contributed by atoms with Gasteiger partial charge < -0.3 is 14.9 Å². The van der Waals surface area contributed by atoms with Crippen LogP contribution in [0, 0.1) is 11.7 Å². The standard InChI is InChI=1S/C26H40FN3O4S/c1-28(2)26(21-4-3-5-22(27)16-21)10-8-24(9-11-26)18-29(23(31)30(24)17-20-6-7-20)19-25(32)12-14-35(33,34)15-13-25/h3-5,16,20,32-34H,6-15,17-19H2,1-2H3. The maximum absolute atomic E-state index is 14.1. The van der Waals surface area contributed by atoms with Gasteiger partial charge in [-0.05, 0) is 89.1 Å². The summed E-state index contributed by atoms with van der Waals surface area (Å²) in [6, 6.07) is 6.93. The topological polar surface area (TPSA) is 87.5 Å². The van der Waals surface area contributed by atoms with Gasteiger partial charge in [0.2, 0.25) is 0 Å². The van der Waals surface area contributed by atoms with Crippen LogP contribution in [0.1, 0.15) is 56.9 Å². The fraction of sp³-hybridized carbons (Fsp3) is 0.731. The van der Waals surface area contributed by atoms with Crippen LogP contribution >= 0.6 is 10.6 Å². The first kappa shape index (κ1) is 25.3. The molecule has 2 aliphatic carbocycles. The van der Waals surface area contributed by atoms with Crippen LogP contribution in [0.15, 0.2) is 24.3 Å². The molecule has 196 valence electrons. The third kappa shape index (κ3) is 4.82. The lowest BCUT2D eigenvalue weighted by molar-refractivity contribution is 0.00124. The predicted octanol–water partition coefficient (Wildman–Crippen LogP) is 4.32. The predicted molar refractivity (Wildman–Crippen MR) is 136 cm³/mol. The lowest BCUT2D eigenvalue weighted by atomic mass is 9.68. The number of hydrogen-bond acceptors (Lipinski definition) is 5. The average Bonchev–Trinajstić information content (AvgIpc) is 3.60. The van der Waals surface area contributed by atoms with Crippen LogP contribution in [0.4, 0.5) is 9.18 Å². The lowest BCUT2D eigenvalue weighted by Crippen LogP contribution is -2.55. The van der Waals surface area contributed by atoms with E-state index in [4.69, 9.17) is 0 Å². The Hall–Kier alpha value is -1.39. The maximum atomic E-state index is 14.1. The maximum Gasteiger partial charge on any atom is 0.320 e. The van der Waals surface area contributed by atoms with Crippen LogP contribution in [-0.2, 0) is 5.54 Å². The van der Waals surface area contributed by atoms with Crippen LogP contribution in [0.25, 0.3) is 0 Å². The smallest absolute Gasteiger partial charge is 0.320 e. The van der Waals surface area contributed by atoms with Gasteiger partial charge in [-0.15, -0.1) is 0 Å². The molecule has 0 unspecified atom stereocenters. The van der Waals surface area contributed by atoms with Crippen molar-refractivity contribution in [1.82, 2.24) is 14.7 Å². The molecule has 2 saturated heterocycles. The molecule has 1 aromatic rings. The Morgan fingerprint density at radius 3 is 2.31 bits per heavy atom. The zero-order valence-electron chi connectivity index (χ0n) is 21.0. The molecule has 7 nitrogen and oxygen atoms in total. The summed E-state index contributed by atoms with van der Waals surface area (Å²) in [5.41, 5.74) is -0.633. The van der Waals surface area contributed by atoms with Crippen LogP contribution < -0.4 is 0 Å². The summed E-state index contributed by atoms with van der Waals surface area (Å²) in [7, 11) is 1.51. The monoisotopic (exact) mass is 509 g/mol. The minimum absolute atomic E-state index is 0.00520. The molecule has 0 radical (unpaired) electrons. The highest BCUT2D eigenvalue weighted by atomic mass is 32.3. The Balaban J connectivity index is 1.36. The molecule has 2 heterocycles. The van der Waals surface area contributed by atoms with Crippen LogP contribution in [0.3, 0.4) is 0 Å². The highest BCUT2D eigenvalue weighted by molar-refractivity contribution is 8.24. The van der Waals surface area contributed by atoms with Gasteiger partial charge >= 0.3 is 6.03 Å². The Bertz CT molecular complexity index is 952. The van der Waals surface area contributed by atoms with Gasteiger partial charge in [0.25, 0.3) is 0 Å². The number of amides is 2. The second kappa shape index (κ2) is 8.87. The van der Waals surface area contributed by atoms with Crippen molar-refractivity contribution in [1.29, 1.82) is 0 Å². The Kier molecular flexibility index (Phi) is 6.40.